The summed E-state index contributed by atoms with van der Waals surface area (Å²) < 4.78 is 17.8. The molecule has 0 spiro atoms. The number of methoxy groups -OCH3 is 1. The van der Waals surface area contributed by atoms with Gasteiger partial charge in [0.2, 0.25) is 5.91 Å². The molecule has 1 amide bonds. The van der Waals surface area contributed by atoms with Gasteiger partial charge in [-0.05, 0) is 74.4 Å². The first-order valence-corrected chi connectivity index (χ1v) is 13.0. The number of rotatable bonds is 10. The Bertz CT molecular complexity index is 1260. The lowest BCUT2D eigenvalue weighted by Gasteiger charge is -2.12. The minimum absolute atomic E-state index is 0.284. The van der Waals surface area contributed by atoms with Crippen LogP contribution in [0.3, 0.4) is 0 Å². The molecule has 0 aliphatic rings. The van der Waals surface area contributed by atoms with Gasteiger partial charge < -0.3 is 10.5 Å². The molecule has 2 rings (SSSR count). The third kappa shape index (κ3) is 11.6. The highest BCUT2D eigenvalue weighted by Crippen LogP contribution is 2.24. The number of allylic oxidation sites excluding steroid dienone is 6. The van der Waals surface area contributed by atoms with E-state index in [2.05, 4.69) is 29.9 Å². The van der Waals surface area contributed by atoms with Crippen molar-refractivity contribution in [1.82, 2.24) is 0 Å². The van der Waals surface area contributed by atoms with Gasteiger partial charge in [0.05, 0.1) is 24.1 Å². The zero-order valence-corrected chi connectivity index (χ0v) is 24.9. The first-order chi connectivity index (χ1) is 19.1. The van der Waals surface area contributed by atoms with Gasteiger partial charge in [-0.2, -0.15) is 0 Å². The van der Waals surface area contributed by atoms with Gasteiger partial charge >= 0.3 is 0 Å². The molecule has 0 saturated heterocycles. The number of halogens is 1. The van der Waals surface area contributed by atoms with Gasteiger partial charge in [0.15, 0.2) is 5.84 Å². The average molecular weight is 547 g/mol. The van der Waals surface area contributed by atoms with Gasteiger partial charge in [0.25, 0.3) is 0 Å². The summed E-state index contributed by atoms with van der Waals surface area (Å²) in [5.74, 6) is 0.512. The monoisotopic (exact) mass is 546 g/mol. The minimum atomic E-state index is -0.334. The Kier molecular flexibility index (Phi) is 17.5. The lowest BCUT2D eigenvalue weighted by molar-refractivity contribution is -0.117. The quantitative estimate of drug-likeness (QED) is 0.188. The number of ether oxygens (including phenoxy) is 1. The van der Waals surface area contributed by atoms with Gasteiger partial charge in [-0.25, -0.2) is 9.38 Å². The summed E-state index contributed by atoms with van der Waals surface area (Å²) >= 11 is 0. The van der Waals surface area contributed by atoms with Crippen molar-refractivity contribution in [2.75, 3.05) is 14.2 Å². The van der Waals surface area contributed by atoms with Crippen LogP contribution in [-0.2, 0) is 11.2 Å². The fourth-order valence-electron chi connectivity index (χ4n) is 3.37. The van der Waals surface area contributed by atoms with Crippen LogP contribution in [0.25, 0.3) is 5.57 Å². The van der Waals surface area contributed by atoms with Crippen molar-refractivity contribution in [3.05, 3.63) is 108 Å². The Morgan fingerprint density at radius 2 is 1.68 bits per heavy atom. The molecule has 0 aromatic heterocycles. The molecule has 0 saturated carbocycles. The largest absolute Gasteiger partial charge is 0.496 e. The maximum atomic E-state index is 12.2. The van der Waals surface area contributed by atoms with Crippen LogP contribution in [0.15, 0.2) is 106 Å². The molecule has 0 aliphatic carbocycles. The van der Waals surface area contributed by atoms with Gasteiger partial charge in [0, 0.05) is 13.5 Å². The summed E-state index contributed by atoms with van der Waals surface area (Å²) in [5.41, 5.74) is 10.9. The smallest absolute Gasteiger partial charge is 0.217 e. The van der Waals surface area contributed by atoms with E-state index in [-0.39, 0.29) is 18.2 Å². The van der Waals surface area contributed by atoms with Crippen molar-refractivity contribution in [2.45, 2.75) is 47.5 Å². The van der Waals surface area contributed by atoms with E-state index in [1.165, 1.54) is 6.08 Å². The van der Waals surface area contributed by atoms with E-state index >= 15 is 0 Å². The SMILES string of the molecule is C=C/C(C)=C(/F)C=C.C=N/C(C(C)=NC(=NC)c1ccc(CCC(N)=O)cc1OC)=C(\C)c1ccccc1.CC. The number of aryl methyl sites for hydroxylation is 1. The Balaban J connectivity index is 0.00000130. The summed E-state index contributed by atoms with van der Waals surface area (Å²) in [6.07, 6.45) is 3.46. The number of carbonyl (C=O) groups is 1. The molecule has 40 heavy (non-hydrogen) atoms. The van der Waals surface area contributed by atoms with Crippen molar-refractivity contribution < 1.29 is 13.9 Å². The second-order valence-corrected chi connectivity index (χ2v) is 8.18. The van der Waals surface area contributed by atoms with Crippen LogP contribution in [0.2, 0.25) is 0 Å². The second kappa shape index (κ2) is 19.6. The number of nitrogens with zero attached hydrogens (tertiary/aromatic N) is 3. The number of carbonyl (C=O) groups excluding carboxylic acids is 1. The summed E-state index contributed by atoms with van der Waals surface area (Å²) in [7, 11) is 3.28. The third-order valence-electron chi connectivity index (χ3n) is 5.58. The van der Waals surface area contributed by atoms with Crippen molar-refractivity contribution in [1.29, 1.82) is 0 Å². The molecule has 0 fully saturated rings. The lowest BCUT2D eigenvalue weighted by atomic mass is 10.0. The third-order valence-corrected chi connectivity index (χ3v) is 5.58. The first-order valence-electron chi connectivity index (χ1n) is 13.0. The van der Waals surface area contributed by atoms with Crippen LogP contribution in [0.5, 0.6) is 5.75 Å². The molecule has 0 bridgehead atoms. The molecule has 6 nitrogen and oxygen atoms in total. The van der Waals surface area contributed by atoms with Crippen LogP contribution in [-0.4, -0.2) is 38.3 Å². The topological polar surface area (TPSA) is 89.4 Å². The maximum Gasteiger partial charge on any atom is 0.217 e. The van der Waals surface area contributed by atoms with Gasteiger partial charge in [-0.15, -0.1) is 0 Å². The van der Waals surface area contributed by atoms with E-state index < -0.39 is 0 Å². The molecule has 0 atom stereocenters. The maximum absolute atomic E-state index is 12.2. The van der Waals surface area contributed by atoms with Crippen molar-refractivity contribution in [3.63, 3.8) is 0 Å². The number of amides is 1. The van der Waals surface area contributed by atoms with E-state index in [1.54, 1.807) is 21.1 Å². The molecule has 2 aromatic rings. The van der Waals surface area contributed by atoms with Gasteiger partial charge in [-0.1, -0.05) is 69.5 Å². The molecule has 0 aliphatic heterocycles. The standard InChI is InChI=1S/C24H28N4O2.C7H9F.C2H6/c1-16(19-9-7-6-8-10-19)23(26-3)17(2)28-24(27-4)20-13-11-18(12-14-22(25)29)15-21(20)30-5;1-4-6(3)7(8)5-2;1-2/h6-11,13,15H,3,12,14H2,1-2,4-5H3,(H2,25,29);4-5H,1-2H2,3H3;1-2H3/b23-16+,27-24?,28-17?;7-6+;. The van der Waals surface area contributed by atoms with E-state index in [4.69, 9.17) is 15.5 Å². The van der Waals surface area contributed by atoms with Gasteiger partial charge in [0.1, 0.15) is 11.6 Å². The highest BCUT2D eigenvalue weighted by Gasteiger charge is 2.13. The predicted molar refractivity (Wildman–Crippen MR) is 170 cm³/mol. The highest BCUT2D eigenvalue weighted by atomic mass is 19.1. The predicted octanol–water partition coefficient (Wildman–Crippen LogP) is 7.71. The normalized spacial score (nSPS) is 12.3. The molecule has 214 valence electrons. The number of primary amides is 1. The minimum Gasteiger partial charge on any atom is -0.496 e. The molecule has 7 heteroatoms. The second-order valence-electron chi connectivity index (χ2n) is 8.18. The lowest BCUT2D eigenvalue weighted by Crippen LogP contribution is -2.11. The zero-order valence-electron chi connectivity index (χ0n) is 24.9. The Labute approximate surface area is 239 Å². The van der Waals surface area contributed by atoms with Crippen molar-refractivity contribution >= 4 is 29.7 Å². The molecule has 2 N–H and O–H groups in total. The average Bonchev–Trinajstić information content (AvgIpc) is 2.99. The number of hydrogen-bond acceptors (Lipinski definition) is 4. The van der Waals surface area contributed by atoms with Crippen LogP contribution in [0.1, 0.15) is 57.7 Å². The van der Waals surface area contributed by atoms with Crippen LogP contribution in [0.4, 0.5) is 4.39 Å². The molecule has 0 unspecified atom stereocenters. The number of benzene rings is 2. The zero-order chi connectivity index (χ0) is 30.7. The van der Waals surface area contributed by atoms with E-state index in [9.17, 15) is 9.18 Å². The Morgan fingerprint density at radius 3 is 2.12 bits per heavy atom. The summed E-state index contributed by atoms with van der Waals surface area (Å²) in [6.45, 7) is 19.9. The Morgan fingerprint density at radius 1 is 1.05 bits per heavy atom. The molecule has 0 heterocycles. The number of aliphatic imine (C=N–C) groups is 3. The van der Waals surface area contributed by atoms with Gasteiger partial charge in [-0.3, -0.25) is 14.8 Å². The highest BCUT2D eigenvalue weighted by molar-refractivity contribution is 6.14. The summed E-state index contributed by atoms with van der Waals surface area (Å²) in [6, 6.07) is 15.7. The number of amidine groups is 1. The molecular weight excluding hydrogens is 503 g/mol. The van der Waals surface area contributed by atoms with Crippen molar-refractivity contribution in [2.24, 2.45) is 20.7 Å². The van der Waals surface area contributed by atoms with E-state index in [0.29, 0.717) is 35.0 Å². The number of hydrogen-bond donors (Lipinski definition) is 1. The fraction of sp³-hybridized carbons (Fsp3) is 0.273. The summed E-state index contributed by atoms with van der Waals surface area (Å²) in [5, 5.41) is 0. The van der Waals surface area contributed by atoms with Crippen molar-refractivity contribution in [3.8, 4) is 5.75 Å². The van der Waals surface area contributed by atoms with E-state index in [0.717, 1.165) is 28.3 Å². The Hall–Kier alpha value is -4.39. The fourth-order valence-corrected chi connectivity index (χ4v) is 3.37. The van der Waals surface area contributed by atoms with Crippen LogP contribution >= 0.6 is 0 Å². The number of nitrogens with two attached hydrogens (primary N) is 1. The molecular formula is C33H43FN4O2. The van der Waals surface area contributed by atoms with E-state index in [1.807, 2.05) is 76.2 Å². The summed E-state index contributed by atoms with van der Waals surface area (Å²) in [4.78, 5) is 24.3. The first kappa shape index (κ1) is 35.6. The van der Waals surface area contributed by atoms with Crippen LogP contribution < -0.4 is 10.5 Å². The van der Waals surface area contributed by atoms with Crippen LogP contribution in [0, 0.1) is 0 Å². The molecule has 2 aromatic carbocycles. The molecule has 0 radical (unpaired) electrons.